The number of aromatic nitrogens is 2. The van der Waals surface area contributed by atoms with Crippen molar-refractivity contribution < 1.29 is 19.4 Å². The third-order valence-corrected chi connectivity index (χ3v) is 1.23. The molecule has 1 aromatic rings. The summed E-state index contributed by atoms with van der Waals surface area (Å²) in [4.78, 5) is 27.1. The van der Waals surface area contributed by atoms with E-state index in [9.17, 15) is 9.59 Å². The lowest BCUT2D eigenvalue weighted by Gasteiger charge is -1.97. The Morgan fingerprint density at radius 3 is 2.85 bits per heavy atom. The van der Waals surface area contributed by atoms with Gasteiger partial charge >= 0.3 is 17.9 Å². The second-order valence-electron chi connectivity index (χ2n) is 2.26. The highest BCUT2D eigenvalue weighted by Crippen LogP contribution is 2.01. The molecule has 0 spiro atoms. The van der Waals surface area contributed by atoms with Gasteiger partial charge in [-0.3, -0.25) is 9.59 Å². The fourth-order valence-electron chi connectivity index (χ4n) is 0.674. The molecule has 2 N–H and O–H groups in total. The number of H-pyrrole nitrogens is 1. The summed E-state index contributed by atoms with van der Waals surface area (Å²) < 4.78 is 4.64. The van der Waals surface area contributed by atoms with E-state index in [2.05, 4.69) is 14.7 Å². The molecule has 6 nitrogen and oxygen atoms in total. The van der Waals surface area contributed by atoms with Gasteiger partial charge in [-0.15, -0.1) is 0 Å². The summed E-state index contributed by atoms with van der Waals surface area (Å²) in [5, 5.41) is 8.26. The summed E-state index contributed by atoms with van der Waals surface area (Å²) in [5.41, 5.74) is 0. The number of imidazole rings is 1. The molecule has 0 radical (unpaired) electrons. The average molecular weight is 184 g/mol. The van der Waals surface area contributed by atoms with E-state index in [1.54, 1.807) is 0 Å². The van der Waals surface area contributed by atoms with E-state index >= 15 is 0 Å². The van der Waals surface area contributed by atoms with Crippen LogP contribution in [0.25, 0.3) is 0 Å². The summed E-state index contributed by atoms with van der Waals surface area (Å²) in [7, 11) is 0. The van der Waals surface area contributed by atoms with Crippen molar-refractivity contribution in [3.05, 3.63) is 12.4 Å². The molecule has 1 heterocycles. The number of carboxylic acid groups (broad SMARTS) is 1. The molecule has 0 fully saturated rings. The van der Waals surface area contributed by atoms with Crippen molar-refractivity contribution in [1.29, 1.82) is 0 Å². The number of esters is 1. The highest BCUT2D eigenvalue weighted by molar-refractivity contribution is 5.77. The number of ether oxygens (including phenoxy) is 1. The first-order chi connectivity index (χ1) is 6.18. The molecule has 0 atom stereocenters. The lowest BCUT2D eigenvalue weighted by Crippen LogP contribution is -2.10. The van der Waals surface area contributed by atoms with Crippen LogP contribution in [-0.2, 0) is 9.59 Å². The van der Waals surface area contributed by atoms with Crippen LogP contribution in [0, 0.1) is 0 Å². The minimum absolute atomic E-state index is 0.0791. The van der Waals surface area contributed by atoms with E-state index in [1.807, 2.05) is 0 Å². The van der Waals surface area contributed by atoms with Gasteiger partial charge in [0.1, 0.15) is 0 Å². The second kappa shape index (κ2) is 4.24. The van der Waals surface area contributed by atoms with Crippen molar-refractivity contribution in [1.82, 2.24) is 9.97 Å². The predicted molar refractivity (Wildman–Crippen MR) is 41.1 cm³/mol. The highest BCUT2D eigenvalue weighted by atomic mass is 16.5. The fourth-order valence-corrected chi connectivity index (χ4v) is 0.674. The number of aromatic amines is 1. The maximum Gasteiger partial charge on any atom is 0.314 e. The van der Waals surface area contributed by atoms with Crippen LogP contribution < -0.4 is 4.74 Å². The van der Waals surface area contributed by atoms with E-state index < -0.39 is 11.9 Å². The molecular weight excluding hydrogens is 176 g/mol. The third-order valence-electron chi connectivity index (χ3n) is 1.23. The molecule has 70 valence electrons. The maximum absolute atomic E-state index is 10.9. The molecule has 0 saturated heterocycles. The number of carbonyl (C=O) groups is 2. The Balaban J connectivity index is 2.30. The number of nitrogens with one attached hydrogen (secondary N) is 1. The molecule has 0 aromatic carbocycles. The number of nitrogens with zero attached hydrogens (tertiary/aromatic N) is 1. The van der Waals surface area contributed by atoms with Crippen LogP contribution in [0.1, 0.15) is 12.8 Å². The Labute approximate surface area is 73.6 Å². The van der Waals surface area contributed by atoms with Gasteiger partial charge in [-0.2, -0.15) is 0 Å². The Hall–Kier alpha value is -1.85. The van der Waals surface area contributed by atoms with Gasteiger partial charge in [0.25, 0.3) is 0 Å². The SMILES string of the molecule is O=C(O)CCC(=O)Oc1ncc[nH]1. The zero-order chi connectivity index (χ0) is 9.68. The molecule has 1 aromatic heterocycles. The smallest absolute Gasteiger partial charge is 0.314 e. The lowest BCUT2D eigenvalue weighted by molar-refractivity contribution is -0.142. The minimum atomic E-state index is -1.03. The van der Waals surface area contributed by atoms with E-state index in [-0.39, 0.29) is 18.9 Å². The topological polar surface area (TPSA) is 92.3 Å². The van der Waals surface area contributed by atoms with Crippen molar-refractivity contribution in [2.24, 2.45) is 0 Å². The molecular formula is C7H8N2O4. The van der Waals surface area contributed by atoms with Crippen LogP contribution in [0.3, 0.4) is 0 Å². The fraction of sp³-hybridized carbons (Fsp3) is 0.286. The molecule has 0 saturated carbocycles. The van der Waals surface area contributed by atoms with Gasteiger partial charge in [-0.25, -0.2) is 4.98 Å². The van der Waals surface area contributed by atoms with Gasteiger partial charge in [0.2, 0.25) is 0 Å². The van der Waals surface area contributed by atoms with Crippen LogP contribution in [0.15, 0.2) is 12.4 Å². The molecule has 0 unspecified atom stereocenters. The first-order valence-electron chi connectivity index (χ1n) is 3.60. The van der Waals surface area contributed by atoms with Gasteiger partial charge in [0.15, 0.2) is 0 Å². The van der Waals surface area contributed by atoms with Crippen molar-refractivity contribution >= 4 is 11.9 Å². The molecule has 0 aliphatic carbocycles. The molecule has 0 amide bonds. The van der Waals surface area contributed by atoms with Crippen LogP contribution >= 0.6 is 0 Å². The summed E-state index contributed by atoms with van der Waals surface area (Å²) in [6, 6.07) is 0.0791. The summed E-state index contributed by atoms with van der Waals surface area (Å²) in [6.07, 6.45) is 2.54. The van der Waals surface area contributed by atoms with Gasteiger partial charge < -0.3 is 14.8 Å². The molecule has 0 aliphatic rings. The van der Waals surface area contributed by atoms with Crippen LogP contribution in [0.5, 0.6) is 6.01 Å². The molecule has 1 rings (SSSR count). The summed E-state index contributed by atoms with van der Waals surface area (Å²) >= 11 is 0. The van der Waals surface area contributed by atoms with Crippen molar-refractivity contribution in [3.8, 4) is 6.01 Å². The quantitative estimate of drug-likeness (QED) is 0.651. The summed E-state index contributed by atoms with van der Waals surface area (Å²) in [6.45, 7) is 0. The van der Waals surface area contributed by atoms with Gasteiger partial charge in [-0.05, 0) is 0 Å². The van der Waals surface area contributed by atoms with Crippen LogP contribution in [-0.4, -0.2) is 27.0 Å². The summed E-state index contributed by atoms with van der Waals surface area (Å²) in [5.74, 6) is -1.64. The molecule has 0 bridgehead atoms. The highest BCUT2D eigenvalue weighted by Gasteiger charge is 2.08. The molecule has 13 heavy (non-hydrogen) atoms. The van der Waals surface area contributed by atoms with Crippen LogP contribution in [0.2, 0.25) is 0 Å². The van der Waals surface area contributed by atoms with E-state index in [4.69, 9.17) is 5.11 Å². The van der Waals surface area contributed by atoms with Gasteiger partial charge in [-0.1, -0.05) is 0 Å². The number of rotatable bonds is 4. The monoisotopic (exact) mass is 184 g/mol. The molecule has 6 heteroatoms. The Kier molecular flexibility index (Phi) is 3.02. The number of aliphatic carboxylic acids is 1. The first kappa shape index (κ1) is 9.24. The number of hydrogen-bond acceptors (Lipinski definition) is 4. The number of hydrogen-bond donors (Lipinski definition) is 2. The number of carboxylic acids is 1. The van der Waals surface area contributed by atoms with Crippen molar-refractivity contribution in [2.75, 3.05) is 0 Å². The predicted octanol–water partition coefficient (Wildman–Crippen LogP) is 0.180. The minimum Gasteiger partial charge on any atom is -0.481 e. The Morgan fingerprint density at radius 1 is 1.54 bits per heavy atom. The zero-order valence-electron chi connectivity index (χ0n) is 6.69. The first-order valence-corrected chi connectivity index (χ1v) is 3.60. The third kappa shape index (κ3) is 3.37. The number of carbonyl (C=O) groups excluding carboxylic acids is 1. The van der Waals surface area contributed by atoms with Crippen LogP contribution in [0.4, 0.5) is 0 Å². The average Bonchev–Trinajstić information content (AvgIpc) is 2.53. The van der Waals surface area contributed by atoms with Gasteiger partial charge in [0.05, 0.1) is 12.8 Å². The van der Waals surface area contributed by atoms with Crippen molar-refractivity contribution in [2.45, 2.75) is 12.8 Å². The Bertz CT molecular complexity index is 293. The lowest BCUT2D eigenvalue weighted by atomic mass is 10.3. The van der Waals surface area contributed by atoms with Crippen molar-refractivity contribution in [3.63, 3.8) is 0 Å². The van der Waals surface area contributed by atoms with E-state index in [0.29, 0.717) is 0 Å². The van der Waals surface area contributed by atoms with E-state index in [0.717, 1.165) is 0 Å². The van der Waals surface area contributed by atoms with Gasteiger partial charge in [0, 0.05) is 12.4 Å². The standard InChI is InChI=1S/C7H8N2O4/c10-5(11)1-2-6(12)13-7-8-3-4-9-7/h3-4H,1-2H2,(H,8,9)(H,10,11). The Morgan fingerprint density at radius 2 is 2.31 bits per heavy atom. The largest absolute Gasteiger partial charge is 0.481 e. The maximum atomic E-state index is 10.9. The second-order valence-corrected chi connectivity index (χ2v) is 2.26. The normalized spacial score (nSPS) is 9.54. The van der Waals surface area contributed by atoms with E-state index in [1.165, 1.54) is 12.4 Å². The molecule has 0 aliphatic heterocycles. The zero-order valence-corrected chi connectivity index (χ0v) is 6.69.